The Hall–Kier alpha value is -1.18. The Morgan fingerprint density at radius 3 is 2.48 bits per heavy atom. The fourth-order valence-electron chi connectivity index (χ4n) is 3.88. The summed E-state index contributed by atoms with van der Waals surface area (Å²) in [6.07, 6.45) is 0.649. The van der Waals surface area contributed by atoms with Gasteiger partial charge in [0.1, 0.15) is 0 Å². The SMILES string of the molecule is Cc1cccc(NC(=S)N(CC[NH+](C(C)C)C(C)C)[C@@H]2CCS(=O)(=O)C2)c1. The van der Waals surface area contributed by atoms with E-state index >= 15 is 0 Å². The first-order chi connectivity index (χ1) is 12.6. The van der Waals surface area contributed by atoms with Crippen molar-refractivity contribution in [2.24, 2.45) is 0 Å². The van der Waals surface area contributed by atoms with Gasteiger partial charge >= 0.3 is 0 Å². The highest BCUT2D eigenvalue weighted by Crippen LogP contribution is 2.19. The highest BCUT2D eigenvalue weighted by atomic mass is 32.2. The molecule has 1 aromatic rings. The average molecular weight is 413 g/mol. The molecule has 1 aliphatic rings. The van der Waals surface area contributed by atoms with Crippen LogP contribution in [0.2, 0.25) is 0 Å². The number of hydrogen-bond donors (Lipinski definition) is 2. The van der Waals surface area contributed by atoms with E-state index in [0.29, 0.717) is 23.6 Å². The second-order valence-electron chi connectivity index (χ2n) is 8.18. The van der Waals surface area contributed by atoms with Crippen LogP contribution < -0.4 is 10.2 Å². The zero-order valence-corrected chi connectivity index (χ0v) is 18.8. The molecule has 0 aromatic heterocycles. The molecule has 1 saturated heterocycles. The lowest BCUT2D eigenvalue weighted by molar-refractivity contribution is -0.941. The molecule has 0 aliphatic carbocycles. The molecule has 0 radical (unpaired) electrons. The zero-order valence-electron chi connectivity index (χ0n) is 17.2. The Bertz CT molecular complexity index is 739. The Labute approximate surface area is 170 Å². The van der Waals surface area contributed by atoms with Crippen molar-refractivity contribution in [2.75, 3.05) is 29.9 Å². The number of rotatable bonds is 7. The van der Waals surface area contributed by atoms with Crippen molar-refractivity contribution in [2.45, 2.75) is 59.2 Å². The van der Waals surface area contributed by atoms with Crippen LogP contribution in [0.15, 0.2) is 24.3 Å². The van der Waals surface area contributed by atoms with Gasteiger partial charge in [0.05, 0.1) is 36.7 Å². The second-order valence-corrected chi connectivity index (χ2v) is 10.8. The van der Waals surface area contributed by atoms with Crippen molar-refractivity contribution in [1.82, 2.24) is 4.90 Å². The Morgan fingerprint density at radius 1 is 1.30 bits per heavy atom. The van der Waals surface area contributed by atoms with Gasteiger partial charge in [-0.05, 0) is 71.0 Å². The van der Waals surface area contributed by atoms with Gasteiger partial charge in [-0.3, -0.25) is 0 Å². The van der Waals surface area contributed by atoms with E-state index in [9.17, 15) is 8.42 Å². The number of nitrogens with one attached hydrogen (secondary N) is 2. The minimum atomic E-state index is -2.96. The Kier molecular flexibility index (Phi) is 7.65. The fraction of sp³-hybridized carbons (Fsp3) is 0.650. The quantitative estimate of drug-likeness (QED) is 0.670. The van der Waals surface area contributed by atoms with Crippen molar-refractivity contribution in [3.05, 3.63) is 29.8 Å². The molecular weight excluding hydrogens is 378 g/mol. The van der Waals surface area contributed by atoms with Gasteiger partial charge in [-0.1, -0.05) is 12.1 Å². The monoisotopic (exact) mass is 412 g/mol. The van der Waals surface area contributed by atoms with Gasteiger partial charge < -0.3 is 15.1 Å². The highest BCUT2D eigenvalue weighted by Gasteiger charge is 2.34. The van der Waals surface area contributed by atoms with Crippen LogP contribution in [0.1, 0.15) is 39.7 Å². The van der Waals surface area contributed by atoms with Crippen molar-refractivity contribution in [3.8, 4) is 0 Å². The van der Waals surface area contributed by atoms with E-state index in [1.54, 1.807) is 0 Å². The molecule has 0 unspecified atom stereocenters. The number of hydrogen-bond acceptors (Lipinski definition) is 3. The van der Waals surface area contributed by atoms with Crippen LogP contribution in [0.4, 0.5) is 5.69 Å². The molecule has 2 N–H and O–H groups in total. The third kappa shape index (κ3) is 6.43. The van der Waals surface area contributed by atoms with Crippen LogP contribution >= 0.6 is 12.2 Å². The number of sulfone groups is 1. The highest BCUT2D eigenvalue weighted by molar-refractivity contribution is 7.91. The van der Waals surface area contributed by atoms with Gasteiger partial charge in [-0.25, -0.2) is 8.42 Å². The van der Waals surface area contributed by atoms with Crippen LogP contribution in [0.25, 0.3) is 0 Å². The summed E-state index contributed by atoms with van der Waals surface area (Å²) in [7, 11) is -2.96. The maximum Gasteiger partial charge on any atom is 0.173 e. The molecule has 1 aromatic carbocycles. The van der Waals surface area contributed by atoms with E-state index in [-0.39, 0.29) is 17.5 Å². The molecular formula is C20H34N3O2S2+. The molecule has 152 valence electrons. The molecule has 1 aliphatic heterocycles. The lowest BCUT2D eigenvalue weighted by Crippen LogP contribution is -3.18. The third-order valence-corrected chi connectivity index (χ3v) is 7.39. The number of nitrogens with zero attached hydrogens (tertiary/aromatic N) is 1. The summed E-state index contributed by atoms with van der Waals surface area (Å²) in [6.45, 7) is 12.6. The number of anilines is 1. The summed E-state index contributed by atoms with van der Waals surface area (Å²) in [5.41, 5.74) is 2.11. The minimum absolute atomic E-state index is 0.0413. The van der Waals surface area contributed by atoms with E-state index in [1.807, 2.05) is 25.1 Å². The molecule has 2 rings (SSSR count). The van der Waals surface area contributed by atoms with Crippen LogP contribution in [0, 0.1) is 6.92 Å². The van der Waals surface area contributed by atoms with E-state index in [4.69, 9.17) is 12.2 Å². The molecule has 0 spiro atoms. The molecule has 1 atom stereocenters. The van der Waals surface area contributed by atoms with E-state index in [2.05, 4.69) is 44.0 Å². The number of quaternary nitrogens is 1. The predicted molar refractivity (Wildman–Crippen MR) is 117 cm³/mol. The Morgan fingerprint density at radius 2 is 1.96 bits per heavy atom. The van der Waals surface area contributed by atoms with Gasteiger partial charge in [0.15, 0.2) is 14.9 Å². The first-order valence-corrected chi connectivity index (χ1v) is 12.0. The van der Waals surface area contributed by atoms with Gasteiger partial charge in [0.25, 0.3) is 0 Å². The first kappa shape index (κ1) is 22.1. The molecule has 0 amide bonds. The lowest BCUT2D eigenvalue weighted by Gasteiger charge is -2.34. The third-order valence-electron chi connectivity index (χ3n) is 5.30. The zero-order chi connectivity index (χ0) is 20.2. The minimum Gasteiger partial charge on any atom is -0.339 e. The molecule has 27 heavy (non-hydrogen) atoms. The molecule has 0 saturated carbocycles. The second kappa shape index (κ2) is 9.34. The largest absolute Gasteiger partial charge is 0.339 e. The maximum absolute atomic E-state index is 12.0. The van der Waals surface area contributed by atoms with Crippen LogP contribution in [0.3, 0.4) is 0 Å². The molecule has 1 heterocycles. The fourth-order valence-corrected chi connectivity index (χ4v) is 5.97. The van der Waals surface area contributed by atoms with Gasteiger partial charge in [-0.15, -0.1) is 0 Å². The predicted octanol–water partition coefficient (Wildman–Crippen LogP) is 1.88. The van der Waals surface area contributed by atoms with Gasteiger partial charge in [-0.2, -0.15) is 0 Å². The summed E-state index contributed by atoms with van der Waals surface area (Å²) < 4.78 is 24.1. The van der Waals surface area contributed by atoms with E-state index in [0.717, 1.165) is 24.3 Å². The van der Waals surface area contributed by atoms with Crippen molar-refractivity contribution in [3.63, 3.8) is 0 Å². The normalized spacial score (nSPS) is 19.0. The van der Waals surface area contributed by atoms with Crippen molar-refractivity contribution < 1.29 is 13.3 Å². The molecule has 1 fully saturated rings. The average Bonchev–Trinajstić information content (AvgIpc) is 2.90. The maximum atomic E-state index is 12.0. The number of aryl methyl sites for hydroxylation is 1. The van der Waals surface area contributed by atoms with Gasteiger partial charge in [0.2, 0.25) is 0 Å². The molecule has 0 bridgehead atoms. The summed E-state index contributed by atoms with van der Waals surface area (Å²) in [5, 5.41) is 3.94. The van der Waals surface area contributed by atoms with E-state index in [1.165, 1.54) is 4.90 Å². The van der Waals surface area contributed by atoms with Crippen LogP contribution in [-0.4, -0.2) is 61.2 Å². The Balaban J connectivity index is 2.15. The smallest absolute Gasteiger partial charge is 0.173 e. The lowest BCUT2D eigenvalue weighted by atomic mass is 10.2. The van der Waals surface area contributed by atoms with Crippen molar-refractivity contribution in [1.29, 1.82) is 0 Å². The number of benzene rings is 1. The summed E-state index contributed by atoms with van der Waals surface area (Å²) >= 11 is 5.71. The molecule has 7 heteroatoms. The summed E-state index contributed by atoms with van der Waals surface area (Å²) in [4.78, 5) is 3.60. The molecule has 5 nitrogen and oxygen atoms in total. The van der Waals surface area contributed by atoms with Crippen LogP contribution in [-0.2, 0) is 9.84 Å². The number of thiocarbonyl (C=S) groups is 1. The van der Waals surface area contributed by atoms with E-state index < -0.39 is 9.84 Å². The first-order valence-electron chi connectivity index (χ1n) is 9.79. The van der Waals surface area contributed by atoms with Crippen molar-refractivity contribution >= 4 is 32.9 Å². The summed E-state index contributed by atoms with van der Waals surface area (Å²) in [6, 6.07) is 9.06. The van der Waals surface area contributed by atoms with Gasteiger partial charge in [0, 0.05) is 11.7 Å². The summed E-state index contributed by atoms with van der Waals surface area (Å²) in [5.74, 6) is 0.452. The standard InChI is InChI=1S/C20H33N3O2S2/c1-15(2)22(16(3)4)10-11-23(19-9-12-27(24,25)14-19)20(26)21-18-8-6-7-17(5)13-18/h6-8,13,15-16,19H,9-12,14H2,1-5H3,(H,21,26)/p+1/t19-/m1/s1. The van der Waals surface area contributed by atoms with Crippen LogP contribution in [0.5, 0.6) is 0 Å². The topological polar surface area (TPSA) is 53.9 Å².